The average molecular weight is 376 g/mol. The number of ether oxygens (including phenoxy) is 1. The molecule has 1 aliphatic heterocycles. The number of rotatable bonds is 4. The van der Waals surface area contributed by atoms with Gasteiger partial charge < -0.3 is 10.1 Å². The van der Waals surface area contributed by atoms with E-state index in [9.17, 15) is 4.79 Å². The van der Waals surface area contributed by atoms with E-state index in [4.69, 9.17) is 4.74 Å². The number of fused-ring (bicyclic) bond motifs is 1. The van der Waals surface area contributed by atoms with Crippen LogP contribution in [0.1, 0.15) is 6.04 Å². The third-order valence-electron chi connectivity index (χ3n) is 4.65. The summed E-state index contributed by atoms with van der Waals surface area (Å²) < 4.78 is 8.71. The van der Waals surface area contributed by atoms with Crippen LogP contribution in [-0.2, 0) is 4.74 Å². The van der Waals surface area contributed by atoms with E-state index in [0.29, 0.717) is 30.5 Å². The van der Waals surface area contributed by atoms with Gasteiger partial charge in [0.2, 0.25) is 0 Å². The van der Waals surface area contributed by atoms with E-state index in [0.717, 1.165) is 5.39 Å². The minimum atomic E-state index is -0.287. The second-order valence-corrected chi connectivity index (χ2v) is 6.38. The van der Waals surface area contributed by atoms with Crippen LogP contribution in [0.5, 0.6) is 0 Å². The van der Waals surface area contributed by atoms with Crippen molar-refractivity contribution in [3.8, 4) is 5.82 Å². The van der Waals surface area contributed by atoms with Crippen LogP contribution in [-0.4, -0.2) is 53.8 Å². The lowest BCUT2D eigenvalue weighted by Crippen LogP contribution is -2.37. The summed E-state index contributed by atoms with van der Waals surface area (Å²) in [5.41, 5.74) is 0.402. The van der Waals surface area contributed by atoms with Crippen LogP contribution in [0.2, 0.25) is 0 Å². The van der Waals surface area contributed by atoms with Gasteiger partial charge in [-0.3, -0.25) is 4.79 Å². The van der Waals surface area contributed by atoms with Gasteiger partial charge in [-0.15, -0.1) is 5.10 Å². The summed E-state index contributed by atoms with van der Waals surface area (Å²) in [5.74, 6) is 1.21. The van der Waals surface area contributed by atoms with Gasteiger partial charge in [-0.2, -0.15) is 5.10 Å². The molecule has 4 aromatic rings. The topological polar surface area (TPSA) is 113 Å². The predicted octanol–water partition coefficient (Wildman–Crippen LogP) is 0.819. The Morgan fingerprint density at radius 3 is 2.93 bits per heavy atom. The maximum absolute atomic E-state index is 12.5. The first-order valence-corrected chi connectivity index (χ1v) is 8.79. The van der Waals surface area contributed by atoms with E-state index in [1.54, 1.807) is 35.4 Å². The summed E-state index contributed by atoms with van der Waals surface area (Å²) in [4.78, 5) is 25.3. The van der Waals surface area contributed by atoms with Crippen molar-refractivity contribution in [3.63, 3.8) is 0 Å². The highest BCUT2D eigenvalue weighted by Crippen LogP contribution is 2.24. The molecule has 10 nitrogen and oxygen atoms in total. The van der Waals surface area contributed by atoms with Crippen molar-refractivity contribution < 1.29 is 4.74 Å². The number of nitrogens with zero attached hydrogens (tertiary/aromatic N) is 7. The van der Waals surface area contributed by atoms with Gasteiger partial charge in [-0.05, 0) is 24.3 Å². The molecule has 0 bridgehead atoms. The van der Waals surface area contributed by atoms with Gasteiger partial charge >= 0.3 is 0 Å². The van der Waals surface area contributed by atoms with Crippen molar-refractivity contribution in [2.24, 2.45) is 0 Å². The smallest absolute Gasteiger partial charge is 0.267 e. The van der Waals surface area contributed by atoms with E-state index in [1.165, 1.54) is 17.1 Å². The van der Waals surface area contributed by atoms with Crippen molar-refractivity contribution in [3.05, 3.63) is 65.6 Å². The molecule has 5 rings (SSSR count). The fourth-order valence-corrected chi connectivity index (χ4v) is 3.29. The van der Waals surface area contributed by atoms with E-state index < -0.39 is 0 Å². The Balaban J connectivity index is 1.49. The van der Waals surface area contributed by atoms with Crippen LogP contribution >= 0.6 is 0 Å². The molecule has 2 unspecified atom stereocenters. The number of anilines is 1. The van der Waals surface area contributed by atoms with E-state index in [-0.39, 0.29) is 17.6 Å². The Kier molecular flexibility index (Phi) is 4.02. The van der Waals surface area contributed by atoms with Crippen molar-refractivity contribution in [2.45, 2.75) is 12.1 Å². The molecule has 0 saturated carbocycles. The zero-order chi connectivity index (χ0) is 18.9. The molecule has 2 atom stereocenters. The largest absolute Gasteiger partial charge is 0.377 e. The molecular weight excluding hydrogens is 360 g/mol. The van der Waals surface area contributed by atoms with Gasteiger partial charge in [0.1, 0.15) is 18.2 Å². The SMILES string of the molecule is O=c1ccc(-n2cccn2)nn1C1COCC1Nc1ncnc2ncccc12. The fraction of sp³-hybridized carbons (Fsp3) is 0.222. The first kappa shape index (κ1) is 16.5. The highest BCUT2D eigenvalue weighted by Gasteiger charge is 2.32. The molecular formula is C18H16N8O2. The van der Waals surface area contributed by atoms with Crippen LogP contribution in [0.15, 0.2) is 60.0 Å². The normalized spacial score (nSPS) is 19.1. The molecule has 10 heteroatoms. The lowest BCUT2D eigenvalue weighted by Gasteiger charge is -2.21. The molecule has 1 aliphatic rings. The van der Waals surface area contributed by atoms with Gasteiger partial charge in [0.25, 0.3) is 5.56 Å². The molecule has 0 radical (unpaired) electrons. The van der Waals surface area contributed by atoms with E-state index in [1.807, 2.05) is 12.1 Å². The lowest BCUT2D eigenvalue weighted by molar-refractivity contribution is 0.182. The average Bonchev–Trinajstić information content (AvgIpc) is 3.41. The van der Waals surface area contributed by atoms with E-state index >= 15 is 0 Å². The Hall–Kier alpha value is -3.66. The molecule has 4 aromatic heterocycles. The minimum absolute atomic E-state index is 0.184. The zero-order valence-corrected chi connectivity index (χ0v) is 14.7. The molecule has 0 aliphatic carbocycles. The molecule has 5 heterocycles. The lowest BCUT2D eigenvalue weighted by atomic mass is 10.1. The first-order valence-electron chi connectivity index (χ1n) is 8.79. The van der Waals surface area contributed by atoms with E-state index in [2.05, 4.69) is 30.5 Å². The molecule has 28 heavy (non-hydrogen) atoms. The number of aromatic nitrogens is 7. The summed E-state index contributed by atoms with van der Waals surface area (Å²) in [7, 11) is 0. The Bertz CT molecular complexity index is 1170. The molecule has 0 amide bonds. The summed E-state index contributed by atoms with van der Waals surface area (Å²) >= 11 is 0. The maximum atomic E-state index is 12.5. The molecule has 0 spiro atoms. The second kappa shape index (κ2) is 6.82. The maximum Gasteiger partial charge on any atom is 0.267 e. The minimum Gasteiger partial charge on any atom is -0.377 e. The van der Waals surface area contributed by atoms with Gasteiger partial charge in [-0.1, -0.05) is 0 Å². The Labute approximate surface area is 158 Å². The molecule has 0 aromatic carbocycles. The zero-order valence-electron chi connectivity index (χ0n) is 14.7. The molecule has 1 fully saturated rings. The second-order valence-electron chi connectivity index (χ2n) is 6.38. The summed E-state index contributed by atoms with van der Waals surface area (Å²) in [6.45, 7) is 0.797. The van der Waals surface area contributed by atoms with Crippen molar-refractivity contribution in [1.29, 1.82) is 0 Å². The number of hydrogen-bond acceptors (Lipinski definition) is 8. The van der Waals surface area contributed by atoms with Crippen molar-refractivity contribution in [1.82, 2.24) is 34.5 Å². The Morgan fingerprint density at radius 2 is 2.04 bits per heavy atom. The highest BCUT2D eigenvalue weighted by molar-refractivity contribution is 5.85. The number of pyridine rings is 1. The quantitative estimate of drug-likeness (QED) is 0.557. The molecule has 1 N–H and O–H groups in total. The van der Waals surface area contributed by atoms with Crippen molar-refractivity contribution >= 4 is 16.9 Å². The third kappa shape index (κ3) is 2.89. The number of nitrogens with one attached hydrogen (secondary N) is 1. The Morgan fingerprint density at radius 1 is 1.07 bits per heavy atom. The van der Waals surface area contributed by atoms with Crippen LogP contribution in [0, 0.1) is 0 Å². The summed E-state index contributed by atoms with van der Waals surface area (Å²) in [5, 5.41) is 12.8. The van der Waals surface area contributed by atoms with Crippen LogP contribution in [0.3, 0.4) is 0 Å². The van der Waals surface area contributed by atoms with Crippen LogP contribution < -0.4 is 10.9 Å². The number of hydrogen-bond donors (Lipinski definition) is 1. The van der Waals surface area contributed by atoms with Gasteiger partial charge in [0.05, 0.1) is 24.6 Å². The monoisotopic (exact) mass is 376 g/mol. The van der Waals surface area contributed by atoms with Crippen LogP contribution in [0.4, 0.5) is 5.82 Å². The van der Waals surface area contributed by atoms with Gasteiger partial charge in [0.15, 0.2) is 11.5 Å². The standard InChI is InChI=1S/C18H16N8O2/c27-16-5-4-15(25-8-2-7-22-25)24-26(16)14-10-28-9-13(14)23-18-12-3-1-6-19-17(12)20-11-21-18/h1-8,11,13-14H,9-10H2,(H,19,20,21,23). The molecule has 1 saturated heterocycles. The first-order chi connectivity index (χ1) is 13.8. The molecule has 140 valence electrons. The summed E-state index contributed by atoms with van der Waals surface area (Å²) in [6.07, 6.45) is 6.59. The van der Waals surface area contributed by atoms with Gasteiger partial charge in [0, 0.05) is 24.7 Å². The fourth-order valence-electron chi connectivity index (χ4n) is 3.29. The highest BCUT2D eigenvalue weighted by atomic mass is 16.5. The summed E-state index contributed by atoms with van der Waals surface area (Å²) in [6, 6.07) is 8.20. The van der Waals surface area contributed by atoms with Gasteiger partial charge in [-0.25, -0.2) is 24.3 Å². The van der Waals surface area contributed by atoms with Crippen molar-refractivity contribution in [2.75, 3.05) is 18.5 Å². The third-order valence-corrected chi connectivity index (χ3v) is 4.65. The predicted molar refractivity (Wildman–Crippen MR) is 100 cm³/mol. The van der Waals surface area contributed by atoms with Crippen LogP contribution in [0.25, 0.3) is 16.9 Å².